The molecule has 0 saturated heterocycles. The summed E-state index contributed by atoms with van der Waals surface area (Å²) in [5.41, 5.74) is 0. The summed E-state index contributed by atoms with van der Waals surface area (Å²) < 4.78 is 9.77. The van der Waals surface area contributed by atoms with Gasteiger partial charge in [0.05, 0.1) is 0 Å². The van der Waals surface area contributed by atoms with E-state index in [0.717, 1.165) is 7.15 Å². The van der Waals surface area contributed by atoms with Crippen LogP contribution in [0.25, 0.3) is 0 Å². The molecular weight excluding hydrogens is 166 g/mol. The minimum absolute atomic E-state index is 0.609. The third-order valence-electron chi connectivity index (χ3n) is 0.0630. The molecular formula is CH2BIO. The molecule has 0 heterocycles. The van der Waals surface area contributed by atoms with Crippen molar-refractivity contribution < 1.29 is 4.70 Å². The van der Waals surface area contributed by atoms with Gasteiger partial charge < -0.3 is 0 Å². The van der Waals surface area contributed by atoms with Crippen molar-refractivity contribution in [1.29, 1.82) is 0 Å². The zero-order chi connectivity index (χ0) is 3.41. The van der Waals surface area contributed by atoms with Gasteiger partial charge in [0.1, 0.15) is 0 Å². The van der Waals surface area contributed by atoms with Crippen molar-refractivity contribution in [2.45, 2.75) is 0 Å². The maximum atomic E-state index is 9.17. The topological polar surface area (TPSA) is 17.1 Å². The molecule has 0 bridgehead atoms. The standard InChI is InChI=1S/CH2BIO/c3-1-2-4/h1H2. The second-order valence-corrected chi connectivity index (χ2v) is 1.20. The molecule has 1 nitrogen and oxygen atoms in total. The third-order valence-corrected chi connectivity index (χ3v) is 0.423. The molecule has 0 aromatic heterocycles. The Kier molecular flexibility index (Phi) is 4.13. The van der Waals surface area contributed by atoms with Crippen LogP contribution in [0.2, 0.25) is 0 Å². The predicted molar refractivity (Wildman–Crippen MR) is 25.3 cm³/mol. The first-order valence-electron chi connectivity index (χ1n) is 0.911. The van der Waals surface area contributed by atoms with E-state index in [1.807, 2.05) is 22.6 Å². The predicted octanol–water partition coefficient (Wildman–Crippen LogP) is 0.429. The number of halogens is 1. The summed E-state index contributed by atoms with van der Waals surface area (Å²) >= 11 is 1.98. The molecule has 0 unspecified atom stereocenters. The molecule has 0 rings (SSSR count). The number of rotatable bonds is 1. The van der Waals surface area contributed by atoms with Crippen molar-refractivity contribution in [3.05, 3.63) is 0 Å². The molecule has 0 spiro atoms. The summed E-state index contributed by atoms with van der Waals surface area (Å²) in [6, 6.07) is 0. The summed E-state index contributed by atoms with van der Waals surface area (Å²) in [7, 11) is 0.862. The maximum absolute atomic E-state index is 9.17. The summed E-state index contributed by atoms with van der Waals surface area (Å²) in [5, 5.41) is 0. The third kappa shape index (κ3) is 2.59. The molecule has 0 N–H and O–H groups in total. The van der Waals surface area contributed by atoms with Crippen molar-refractivity contribution in [2.75, 3.05) is 4.33 Å². The van der Waals surface area contributed by atoms with E-state index < -0.39 is 0 Å². The molecule has 0 amide bonds. The zero-order valence-corrected chi connectivity index (χ0v) is 4.23. The first kappa shape index (κ1) is 4.59. The van der Waals surface area contributed by atoms with Crippen LogP contribution < -0.4 is 0 Å². The molecule has 0 aromatic rings. The summed E-state index contributed by atoms with van der Waals surface area (Å²) in [6.45, 7) is 0. The summed E-state index contributed by atoms with van der Waals surface area (Å²) in [6.07, 6.45) is 0. The number of alkyl halides is 1. The molecule has 0 radical (unpaired) electrons. The monoisotopic (exact) mass is 168 g/mol. The molecule has 0 aliphatic rings. The molecule has 0 fully saturated rings. The molecule has 3 heteroatoms. The van der Waals surface area contributed by atoms with Crippen molar-refractivity contribution >= 4 is 29.7 Å². The van der Waals surface area contributed by atoms with Crippen molar-refractivity contribution in [3.8, 4) is 0 Å². The number of hydrogen-bond acceptors (Lipinski definition) is 1. The van der Waals surface area contributed by atoms with Crippen LogP contribution in [0.3, 0.4) is 0 Å². The second kappa shape index (κ2) is 3.59. The van der Waals surface area contributed by atoms with Crippen LogP contribution in [0.15, 0.2) is 0 Å². The van der Waals surface area contributed by atoms with E-state index >= 15 is 0 Å². The first-order valence-corrected chi connectivity index (χ1v) is 2.44. The Bertz CT molecular complexity index is 22.0. The van der Waals surface area contributed by atoms with Crippen molar-refractivity contribution in [1.82, 2.24) is 0 Å². The van der Waals surface area contributed by atoms with Crippen LogP contribution in [0.1, 0.15) is 0 Å². The van der Waals surface area contributed by atoms with Gasteiger partial charge in [0, 0.05) is 0 Å². The van der Waals surface area contributed by atoms with Gasteiger partial charge in [0.15, 0.2) is 0 Å². The second-order valence-electron chi connectivity index (χ2n) is 0.321. The molecule has 4 heavy (non-hydrogen) atoms. The van der Waals surface area contributed by atoms with Gasteiger partial charge >= 0.3 is 38.8 Å². The van der Waals surface area contributed by atoms with Gasteiger partial charge in [-0.3, -0.25) is 0 Å². The Morgan fingerprint density at radius 1 is 2.00 bits per heavy atom. The van der Waals surface area contributed by atoms with E-state index in [1.54, 1.807) is 0 Å². The average molecular weight is 168 g/mol. The Labute approximate surface area is 39.2 Å². The van der Waals surface area contributed by atoms with Crippen LogP contribution in [-0.2, 0) is 4.70 Å². The fraction of sp³-hybridized carbons (Fsp3) is 1.00. The van der Waals surface area contributed by atoms with Crippen LogP contribution in [-0.4, -0.2) is 11.5 Å². The normalized spacial score (nSPS) is 5.25. The van der Waals surface area contributed by atoms with E-state index in [2.05, 4.69) is 0 Å². The van der Waals surface area contributed by atoms with Gasteiger partial charge in [-0.25, -0.2) is 0 Å². The fourth-order valence-electron chi connectivity index (χ4n) is 0. The van der Waals surface area contributed by atoms with E-state index in [0.29, 0.717) is 4.33 Å². The summed E-state index contributed by atoms with van der Waals surface area (Å²) in [5.74, 6) is 0. The van der Waals surface area contributed by atoms with Crippen LogP contribution in [0.5, 0.6) is 0 Å². The van der Waals surface area contributed by atoms with Gasteiger partial charge in [-0.2, -0.15) is 0 Å². The number of hydrogen-bond donors (Lipinski definition) is 0. The molecule has 0 aromatic carbocycles. The Morgan fingerprint density at radius 3 is 2.25 bits per heavy atom. The minimum atomic E-state index is 0.609. The van der Waals surface area contributed by atoms with Gasteiger partial charge in [0.25, 0.3) is 0 Å². The molecule has 0 atom stereocenters. The fourth-order valence-corrected chi connectivity index (χ4v) is 0. The van der Waals surface area contributed by atoms with Crippen LogP contribution >= 0.6 is 22.6 Å². The molecule has 22 valence electrons. The van der Waals surface area contributed by atoms with Gasteiger partial charge in [-0.1, -0.05) is 0 Å². The summed E-state index contributed by atoms with van der Waals surface area (Å²) in [4.78, 5) is 0. The van der Waals surface area contributed by atoms with Crippen LogP contribution in [0, 0.1) is 0 Å². The zero-order valence-electron chi connectivity index (χ0n) is 2.07. The Balaban J connectivity index is 2.30. The van der Waals surface area contributed by atoms with Gasteiger partial charge in [-0.15, -0.1) is 0 Å². The van der Waals surface area contributed by atoms with Crippen molar-refractivity contribution in [2.24, 2.45) is 0 Å². The van der Waals surface area contributed by atoms with Crippen LogP contribution in [0.4, 0.5) is 0 Å². The van der Waals surface area contributed by atoms with Gasteiger partial charge in [0.2, 0.25) is 0 Å². The van der Waals surface area contributed by atoms with E-state index in [1.165, 1.54) is 0 Å². The van der Waals surface area contributed by atoms with E-state index in [-0.39, 0.29) is 0 Å². The average Bonchev–Trinajstić information content (AvgIpc) is 1.37. The SMILES string of the molecule is O=BCI. The molecule has 0 saturated carbocycles. The van der Waals surface area contributed by atoms with E-state index in [9.17, 15) is 0 Å². The Hall–Kier alpha value is 0.595. The molecule has 0 aliphatic carbocycles. The van der Waals surface area contributed by atoms with E-state index in [4.69, 9.17) is 4.70 Å². The Morgan fingerprint density at radius 2 is 2.25 bits per heavy atom. The quantitative estimate of drug-likeness (QED) is 0.315. The van der Waals surface area contributed by atoms with Crippen molar-refractivity contribution in [3.63, 3.8) is 0 Å². The molecule has 0 aliphatic heterocycles. The first-order chi connectivity index (χ1) is 1.91. The van der Waals surface area contributed by atoms with Gasteiger partial charge in [-0.05, 0) is 0 Å².